The van der Waals surface area contributed by atoms with E-state index in [1.54, 1.807) is 0 Å². The molecule has 1 aliphatic carbocycles. The molecular weight excluding hydrogens is 194 g/mol. The van der Waals surface area contributed by atoms with Crippen LogP contribution < -0.4 is 5.32 Å². The lowest BCUT2D eigenvalue weighted by Gasteiger charge is -2.09. The maximum absolute atomic E-state index is 11.7. The van der Waals surface area contributed by atoms with Crippen LogP contribution in [0, 0.1) is 5.92 Å². The van der Waals surface area contributed by atoms with Crippen molar-refractivity contribution in [2.75, 3.05) is 0 Å². The van der Waals surface area contributed by atoms with Crippen LogP contribution in [0.2, 0.25) is 0 Å². The molecule has 3 rings (SSSR count). The molecule has 1 amide bonds. The van der Waals surface area contributed by atoms with Gasteiger partial charge in [0.1, 0.15) is 0 Å². The SMILES string of the molecule is O=C1NC(=S)[C@@H]2C[C@]12c1ccccc1. The third-order valence-corrected chi connectivity index (χ3v) is 3.59. The summed E-state index contributed by atoms with van der Waals surface area (Å²) in [7, 11) is 0. The topological polar surface area (TPSA) is 29.1 Å². The first-order chi connectivity index (χ1) is 6.75. The van der Waals surface area contributed by atoms with Crippen LogP contribution in [0.4, 0.5) is 0 Å². The first kappa shape index (κ1) is 8.12. The van der Waals surface area contributed by atoms with Crippen molar-refractivity contribution in [2.45, 2.75) is 11.8 Å². The standard InChI is InChI=1S/C11H9NOS/c13-10-11(6-8(11)9(14)12-10)7-4-2-1-3-5-7/h1-5,8H,6H2,(H,12,13,14)/t8-,11+/m0/s1. The fourth-order valence-corrected chi connectivity index (χ4v) is 2.70. The number of piperidine rings is 1. The number of fused-ring (bicyclic) bond motifs is 1. The summed E-state index contributed by atoms with van der Waals surface area (Å²) in [6.07, 6.45) is 0.891. The summed E-state index contributed by atoms with van der Waals surface area (Å²) in [5.74, 6) is 0.339. The van der Waals surface area contributed by atoms with Crippen LogP contribution in [0.1, 0.15) is 12.0 Å². The predicted octanol–water partition coefficient (Wildman–Crippen LogP) is 1.40. The van der Waals surface area contributed by atoms with Gasteiger partial charge in [-0.3, -0.25) is 4.79 Å². The summed E-state index contributed by atoms with van der Waals surface area (Å²) < 4.78 is 0. The Morgan fingerprint density at radius 2 is 2.07 bits per heavy atom. The normalized spacial score (nSPS) is 33.9. The van der Waals surface area contributed by atoms with Gasteiger partial charge in [-0.1, -0.05) is 42.5 Å². The van der Waals surface area contributed by atoms with Gasteiger partial charge in [0.2, 0.25) is 5.91 Å². The van der Waals surface area contributed by atoms with Gasteiger partial charge in [-0.25, -0.2) is 0 Å². The van der Waals surface area contributed by atoms with Gasteiger partial charge in [0, 0.05) is 5.92 Å². The van der Waals surface area contributed by atoms with Crippen LogP contribution in [0.25, 0.3) is 0 Å². The van der Waals surface area contributed by atoms with Crippen molar-refractivity contribution in [3.8, 4) is 0 Å². The Morgan fingerprint density at radius 1 is 1.36 bits per heavy atom. The molecule has 2 fully saturated rings. The molecule has 3 heteroatoms. The number of carbonyl (C=O) groups excluding carboxylic acids is 1. The van der Waals surface area contributed by atoms with E-state index in [-0.39, 0.29) is 17.2 Å². The van der Waals surface area contributed by atoms with Gasteiger partial charge in [-0.15, -0.1) is 0 Å². The van der Waals surface area contributed by atoms with Crippen LogP contribution in [0.5, 0.6) is 0 Å². The molecule has 1 heterocycles. The Kier molecular flexibility index (Phi) is 1.40. The summed E-state index contributed by atoms with van der Waals surface area (Å²) in [6, 6.07) is 9.91. The second kappa shape index (κ2) is 2.42. The number of carbonyl (C=O) groups is 1. The maximum atomic E-state index is 11.7. The predicted molar refractivity (Wildman–Crippen MR) is 57.0 cm³/mol. The summed E-state index contributed by atoms with van der Waals surface area (Å²) >= 11 is 5.10. The van der Waals surface area contributed by atoms with Crippen molar-refractivity contribution < 1.29 is 4.79 Å². The lowest BCUT2D eigenvalue weighted by atomic mass is 9.94. The number of nitrogens with one attached hydrogen (secondary N) is 1. The second-order valence-corrected chi connectivity index (χ2v) is 4.35. The molecule has 2 aliphatic rings. The molecule has 1 N–H and O–H groups in total. The van der Waals surface area contributed by atoms with E-state index in [2.05, 4.69) is 5.32 Å². The first-order valence-electron chi connectivity index (χ1n) is 4.66. The van der Waals surface area contributed by atoms with Crippen molar-refractivity contribution in [1.82, 2.24) is 5.32 Å². The molecule has 1 aliphatic heterocycles. The minimum atomic E-state index is -0.307. The van der Waals surface area contributed by atoms with Crippen LogP contribution in [0.15, 0.2) is 30.3 Å². The molecule has 2 atom stereocenters. The largest absolute Gasteiger partial charge is 0.319 e. The van der Waals surface area contributed by atoms with Gasteiger partial charge in [0.15, 0.2) is 0 Å². The monoisotopic (exact) mass is 203 g/mol. The van der Waals surface area contributed by atoms with Gasteiger partial charge >= 0.3 is 0 Å². The van der Waals surface area contributed by atoms with E-state index in [0.717, 1.165) is 17.0 Å². The number of thiocarbonyl (C=S) groups is 1. The number of hydrogen-bond donors (Lipinski definition) is 1. The minimum Gasteiger partial charge on any atom is -0.319 e. The molecule has 0 aromatic heterocycles. The fourth-order valence-electron chi connectivity index (χ4n) is 2.33. The summed E-state index contributed by atoms with van der Waals surface area (Å²) in [5.41, 5.74) is 0.792. The Hall–Kier alpha value is -1.22. The van der Waals surface area contributed by atoms with Crippen LogP contribution in [-0.2, 0) is 10.2 Å². The highest BCUT2D eigenvalue weighted by atomic mass is 32.1. The van der Waals surface area contributed by atoms with Crippen molar-refractivity contribution in [3.63, 3.8) is 0 Å². The summed E-state index contributed by atoms with van der Waals surface area (Å²) in [4.78, 5) is 12.5. The average molecular weight is 203 g/mol. The highest BCUT2D eigenvalue weighted by Gasteiger charge is 2.67. The van der Waals surface area contributed by atoms with Crippen molar-refractivity contribution in [3.05, 3.63) is 35.9 Å². The number of hydrogen-bond acceptors (Lipinski definition) is 2. The van der Waals surface area contributed by atoms with E-state index in [9.17, 15) is 4.79 Å². The average Bonchev–Trinajstić information content (AvgIpc) is 2.90. The molecule has 1 aromatic rings. The van der Waals surface area contributed by atoms with E-state index < -0.39 is 0 Å². The molecule has 2 nitrogen and oxygen atoms in total. The van der Waals surface area contributed by atoms with Crippen LogP contribution >= 0.6 is 12.2 Å². The van der Waals surface area contributed by atoms with Gasteiger partial charge in [-0.05, 0) is 12.0 Å². The number of benzene rings is 1. The molecule has 70 valence electrons. The Balaban J connectivity index is 2.09. The van der Waals surface area contributed by atoms with E-state index in [1.807, 2.05) is 30.3 Å². The Bertz CT molecular complexity index is 428. The maximum Gasteiger partial charge on any atom is 0.236 e. The quantitative estimate of drug-likeness (QED) is 0.699. The first-order valence-corrected chi connectivity index (χ1v) is 5.07. The van der Waals surface area contributed by atoms with E-state index >= 15 is 0 Å². The zero-order valence-electron chi connectivity index (χ0n) is 7.49. The third kappa shape index (κ3) is 0.805. The molecule has 1 saturated carbocycles. The third-order valence-electron chi connectivity index (χ3n) is 3.21. The highest BCUT2D eigenvalue weighted by Crippen LogP contribution is 2.57. The molecule has 0 radical (unpaired) electrons. The van der Waals surface area contributed by atoms with Crippen LogP contribution in [-0.4, -0.2) is 10.9 Å². The van der Waals surface area contributed by atoms with Gasteiger partial charge < -0.3 is 5.32 Å². The molecule has 0 bridgehead atoms. The Labute approximate surface area is 87.3 Å². The molecule has 1 saturated heterocycles. The van der Waals surface area contributed by atoms with Gasteiger partial charge in [-0.2, -0.15) is 0 Å². The van der Waals surface area contributed by atoms with E-state index in [4.69, 9.17) is 12.2 Å². The van der Waals surface area contributed by atoms with Crippen molar-refractivity contribution >= 4 is 23.1 Å². The second-order valence-electron chi connectivity index (χ2n) is 3.91. The van der Waals surface area contributed by atoms with E-state index in [0.29, 0.717) is 0 Å². The number of rotatable bonds is 1. The van der Waals surface area contributed by atoms with Crippen molar-refractivity contribution in [1.29, 1.82) is 0 Å². The fraction of sp³-hybridized carbons (Fsp3) is 0.273. The lowest BCUT2D eigenvalue weighted by Crippen LogP contribution is -2.29. The molecule has 0 spiro atoms. The van der Waals surface area contributed by atoms with Gasteiger partial charge in [0.05, 0.1) is 10.4 Å². The smallest absolute Gasteiger partial charge is 0.236 e. The van der Waals surface area contributed by atoms with Crippen molar-refractivity contribution in [2.24, 2.45) is 5.92 Å². The minimum absolute atomic E-state index is 0.0821. The molecule has 0 unspecified atom stereocenters. The zero-order valence-corrected chi connectivity index (χ0v) is 8.30. The van der Waals surface area contributed by atoms with E-state index in [1.165, 1.54) is 0 Å². The molecular formula is C11H9NOS. The van der Waals surface area contributed by atoms with Crippen LogP contribution in [0.3, 0.4) is 0 Å². The van der Waals surface area contributed by atoms with Gasteiger partial charge in [0.25, 0.3) is 0 Å². The Morgan fingerprint density at radius 3 is 2.57 bits per heavy atom. The zero-order chi connectivity index (χ0) is 9.76. The molecule has 14 heavy (non-hydrogen) atoms. The highest BCUT2D eigenvalue weighted by molar-refractivity contribution is 7.80. The number of amides is 1. The molecule has 1 aromatic carbocycles. The lowest BCUT2D eigenvalue weighted by molar-refractivity contribution is -0.121. The summed E-state index contributed by atoms with van der Waals surface area (Å²) in [5, 5.41) is 2.75. The summed E-state index contributed by atoms with van der Waals surface area (Å²) in [6.45, 7) is 0.